The van der Waals surface area contributed by atoms with Gasteiger partial charge in [0, 0.05) is 0 Å². The summed E-state index contributed by atoms with van der Waals surface area (Å²) in [6, 6.07) is 31.9. The predicted octanol–water partition coefficient (Wildman–Crippen LogP) is 6.02. The normalized spacial score (nSPS) is 11.6. The van der Waals surface area contributed by atoms with Gasteiger partial charge in [-0.05, 0) is 0 Å². The molecule has 0 saturated carbocycles. The molecule has 3 rings (SSSR count). The third-order valence-electron chi connectivity index (χ3n) is 9.21. The fraction of sp³-hybridized carbons (Fsp3) is 0.439. The number of Topliss-reactive ketones (excluding diaryl/α,β-unsaturated/α-hetero) is 1. The molecule has 0 N–H and O–H groups in total. The van der Waals surface area contributed by atoms with Gasteiger partial charge in [-0.15, -0.1) is 0 Å². The van der Waals surface area contributed by atoms with E-state index in [2.05, 4.69) is 135 Å². The Morgan fingerprint density at radius 1 is 0.636 bits per heavy atom. The van der Waals surface area contributed by atoms with Crippen LogP contribution in [0.2, 0.25) is 0 Å². The Morgan fingerprint density at radius 3 is 1.67 bits per heavy atom. The summed E-state index contributed by atoms with van der Waals surface area (Å²) >= 11 is 5.24. The number of amides is 2. The molecule has 0 heterocycles. The molecule has 3 aromatic carbocycles. The van der Waals surface area contributed by atoms with E-state index in [9.17, 15) is 14.4 Å². The molecule has 1 atom stereocenters. The van der Waals surface area contributed by atoms with Crippen molar-refractivity contribution in [3.63, 3.8) is 0 Å². The van der Waals surface area contributed by atoms with Gasteiger partial charge in [0.05, 0.1) is 0 Å². The van der Waals surface area contributed by atoms with Crippen LogP contribution in [-0.4, -0.2) is 125 Å². The molecular formula is C41H54B3N5O3S3. The Bertz CT molecular complexity index is 1530. The fourth-order valence-corrected chi connectivity index (χ4v) is 9.69. The van der Waals surface area contributed by atoms with Crippen molar-refractivity contribution in [2.45, 2.75) is 30.4 Å². The number of carbonyl (C=O) groups is 3. The third kappa shape index (κ3) is 15.6. The number of nitrogens with zero attached hydrogens (tertiary/aromatic N) is 5. The molecule has 0 spiro atoms. The molecule has 55 heavy (non-hydrogen) atoms. The number of thioether (sulfide) groups is 3. The predicted molar refractivity (Wildman–Crippen MR) is 240 cm³/mol. The Balaban J connectivity index is 1.53. The van der Waals surface area contributed by atoms with Gasteiger partial charge in [-0.2, -0.15) is 0 Å². The van der Waals surface area contributed by atoms with Gasteiger partial charge in [0.2, 0.25) is 0 Å². The molecule has 0 aliphatic carbocycles. The van der Waals surface area contributed by atoms with E-state index in [1.165, 1.54) is 16.7 Å². The summed E-state index contributed by atoms with van der Waals surface area (Å²) in [7, 11) is 10.7. The van der Waals surface area contributed by atoms with E-state index in [0.29, 0.717) is 70.0 Å². The maximum absolute atomic E-state index is 13.7. The van der Waals surface area contributed by atoms with Crippen LogP contribution in [0.4, 0.5) is 0 Å². The summed E-state index contributed by atoms with van der Waals surface area (Å²) in [5.41, 5.74) is 3.63. The second-order valence-corrected chi connectivity index (χ2v) is 16.6. The molecule has 1 unspecified atom stereocenters. The average molecular weight is 794 g/mol. The van der Waals surface area contributed by atoms with Gasteiger partial charge in [-0.25, -0.2) is 0 Å². The van der Waals surface area contributed by atoms with Crippen molar-refractivity contribution in [1.29, 1.82) is 0 Å². The van der Waals surface area contributed by atoms with Crippen LogP contribution in [0, 0.1) is 5.92 Å². The number of ketones is 1. The summed E-state index contributed by atoms with van der Waals surface area (Å²) in [5, 5.41) is 0. The van der Waals surface area contributed by atoms with Gasteiger partial charge in [0.1, 0.15) is 0 Å². The number of carbonyl (C=O) groups excluding carboxylic acids is 3. The van der Waals surface area contributed by atoms with Gasteiger partial charge in [-0.1, -0.05) is 0 Å². The van der Waals surface area contributed by atoms with Crippen LogP contribution in [0.3, 0.4) is 0 Å². The SMILES string of the molecule is B=NCCC(CCSC(c1ccccc1)(c1ccccc1)c1ccccc1)C(=O)CCSCCN(CCN=B)C(=O)CCSCCN(CC=C)C(=O)CN=B. The Hall–Kier alpha value is -3.35. The number of benzene rings is 3. The first kappa shape index (κ1) is 46.0. The molecule has 0 aliphatic rings. The zero-order valence-corrected chi connectivity index (χ0v) is 34.6. The molecule has 0 bridgehead atoms. The number of hydrogen-bond donors (Lipinski definition) is 0. The van der Waals surface area contributed by atoms with Crippen molar-refractivity contribution in [3.8, 4) is 0 Å². The van der Waals surface area contributed by atoms with Gasteiger partial charge >= 0.3 is 346 Å². The zero-order valence-electron chi connectivity index (χ0n) is 32.1. The van der Waals surface area contributed by atoms with Crippen LogP contribution < -0.4 is 0 Å². The summed E-state index contributed by atoms with van der Waals surface area (Å²) in [6.45, 7) is 6.97. The van der Waals surface area contributed by atoms with Crippen molar-refractivity contribution < 1.29 is 14.4 Å². The van der Waals surface area contributed by atoms with Crippen LogP contribution in [-0.2, 0) is 19.1 Å². The molecule has 2 amide bonds. The van der Waals surface area contributed by atoms with Crippen molar-refractivity contribution in [1.82, 2.24) is 9.80 Å². The van der Waals surface area contributed by atoms with E-state index < -0.39 is 4.75 Å². The van der Waals surface area contributed by atoms with Crippen LogP contribution in [0.15, 0.2) is 118 Å². The van der Waals surface area contributed by atoms with E-state index >= 15 is 0 Å². The first-order chi connectivity index (χ1) is 26.9. The minimum absolute atomic E-state index is 0.0577. The van der Waals surface area contributed by atoms with Crippen LogP contribution in [0.25, 0.3) is 0 Å². The summed E-state index contributed by atoms with van der Waals surface area (Å²) in [6.07, 6.45) is 4.02. The number of rotatable bonds is 30. The van der Waals surface area contributed by atoms with Crippen LogP contribution in [0.1, 0.15) is 42.4 Å². The van der Waals surface area contributed by atoms with Gasteiger partial charge < -0.3 is 0 Å². The first-order valence-electron chi connectivity index (χ1n) is 18.8. The van der Waals surface area contributed by atoms with Gasteiger partial charge in [-0.3, -0.25) is 0 Å². The molecule has 0 fully saturated rings. The third-order valence-corrected chi connectivity index (χ3v) is 12.7. The van der Waals surface area contributed by atoms with Gasteiger partial charge in [0.25, 0.3) is 0 Å². The fourth-order valence-electron chi connectivity index (χ4n) is 6.31. The molecule has 3 aromatic rings. The Morgan fingerprint density at radius 2 is 1.16 bits per heavy atom. The summed E-state index contributed by atoms with van der Waals surface area (Å²) in [4.78, 5) is 54.3. The topological polar surface area (TPSA) is 94.8 Å². The Kier molecular flexibility index (Phi) is 22.8. The second kappa shape index (κ2) is 27.3. The van der Waals surface area contributed by atoms with E-state index in [1.54, 1.807) is 34.5 Å². The minimum atomic E-state index is -0.427. The molecule has 0 aliphatic heterocycles. The molecule has 14 heteroatoms. The maximum atomic E-state index is 13.7. The molecular weight excluding hydrogens is 739 g/mol. The van der Waals surface area contributed by atoms with Crippen molar-refractivity contribution in [3.05, 3.63) is 120 Å². The van der Waals surface area contributed by atoms with Crippen LogP contribution in [0.5, 0.6) is 0 Å². The van der Waals surface area contributed by atoms with Crippen molar-refractivity contribution in [2.24, 2.45) is 20.6 Å². The van der Waals surface area contributed by atoms with E-state index in [0.717, 1.165) is 23.7 Å². The molecule has 0 aromatic heterocycles. The number of hydrogen-bond acceptors (Lipinski definition) is 9. The standard InChI is InChI=1S/C41H54B3N5O3S3/c1-2-24-48(40(52)33-47-44)26-31-54-29-21-39(51)49(25-23-46-43)27-32-53-28-20-38(50)34(18-22-45-42)19-30-55-41(35-12-6-3-7-13-35,36-14-8-4-9-15-36)37-16-10-5-11-17-37/h2-17,34,42-44H,1,18-33H2. The molecule has 8 nitrogen and oxygen atoms in total. The first-order valence-corrected chi connectivity index (χ1v) is 22.1. The van der Waals surface area contributed by atoms with E-state index in [-0.39, 0.29) is 30.1 Å². The monoisotopic (exact) mass is 793 g/mol. The van der Waals surface area contributed by atoms with E-state index in [1.807, 2.05) is 16.7 Å². The van der Waals surface area contributed by atoms with Crippen molar-refractivity contribution in [2.75, 3.05) is 74.6 Å². The summed E-state index contributed by atoms with van der Waals surface area (Å²) < 4.78 is -0.427. The van der Waals surface area contributed by atoms with Crippen molar-refractivity contribution >= 4 is 75.8 Å². The average Bonchev–Trinajstić information content (AvgIpc) is 3.22. The second-order valence-electron chi connectivity index (χ2n) is 12.9. The molecule has 288 valence electrons. The van der Waals surface area contributed by atoms with E-state index in [4.69, 9.17) is 0 Å². The van der Waals surface area contributed by atoms with Crippen LogP contribution >= 0.6 is 35.3 Å². The molecule has 0 saturated heterocycles. The quantitative estimate of drug-likeness (QED) is 0.0355. The Labute approximate surface area is 344 Å². The molecule has 0 radical (unpaired) electrons. The summed E-state index contributed by atoms with van der Waals surface area (Å²) in [5.74, 6) is 3.77. The van der Waals surface area contributed by atoms with Gasteiger partial charge in [0.15, 0.2) is 0 Å². The zero-order chi connectivity index (χ0) is 39.6.